The molecule has 13 nitrogen and oxygen atoms in total. The van der Waals surface area contributed by atoms with E-state index in [-0.39, 0.29) is 43.5 Å². The molecule has 1 aliphatic carbocycles. The van der Waals surface area contributed by atoms with Gasteiger partial charge in [-0.15, -0.1) is 6.58 Å². The normalized spacial score (nSPS) is 11.6. The van der Waals surface area contributed by atoms with Gasteiger partial charge in [0.1, 0.15) is 23.1 Å². The third-order valence-electron chi connectivity index (χ3n) is 9.63. The first-order valence-corrected chi connectivity index (χ1v) is 20.5. The van der Waals surface area contributed by atoms with Crippen LogP contribution in [0.3, 0.4) is 0 Å². The molecule has 0 fully saturated rings. The highest BCUT2D eigenvalue weighted by Crippen LogP contribution is 2.33. The summed E-state index contributed by atoms with van der Waals surface area (Å²) in [6.45, 7) is 5.97. The van der Waals surface area contributed by atoms with E-state index in [9.17, 15) is 24.3 Å². The summed E-state index contributed by atoms with van der Waals surface area (Å²) in [5.74, 6) is 1.19. The van der Waals surface area contributed by atoms with E-state index in [2.05, 4.69) is 22.2 Å². The molecule has 1 heterocycles. The van der Waals surface area contributed by atoms with Crippen molar-refractivity contribution in [3.05, 3.63) is 125 Å². The van der Waals surface area contributed by atoms with Crippen LogP contribution in [0.1, 0.15) is 101 Å². The molecule has 6 N–H and O–H groups in total. The van der Waals surface area contributed by atoms with Gasteiger partial charge in [-0.3, -0.25) is 19.2 Å². The smallest absolute Gasteiger partial charge is 0.303 e. The summed E-state index contributed by atoms with van der Waals surface area (Å²) in [5, 5.41) is 21.8. The van der Waals surface area contributed by atoms with Gasteiger partial charge in [0, 0.05) is 61.5 Å². The lowest BCUT2D eigenvalue weighted by atomic mass is 9.86. The van der Waals surface area contributed by atoms with Crippen molar-refractivity contribution in [3.63, 3.8) is 0 Å². The lowest BCUT2D eigenvalue weighted by Gasteiger charge is -2.21. The minimum absolute atomic E-state index is 0.0709. The molecule has 3 aromatic carbocycles. The summed E-state index contributed by atoms with van der Waals surface area (Å²) in [6, 6.07) is 21.9. The van der Waals surface area contributed by atoms with Crippen molar-refractivity contribution >= 4 is 35.6 Å². The van der Waals surface area contributed by atoms with Gasteiger partial charge in [-0.2, -0.15) is 0 Å². The highest BCUT2D eigenvalue weighted by atomic mass is 16.5. The van der Waals surface area contributed by atoms with Crippen LogP contribution in [0.15, 0.2) is 91.6 Å². The number of allylic oxidation sites excluding steroid dienone is 1. The van der Waals surface area contributed by atoms with Crippen LogP contribution in [-0.4, -0.2) is 72.8 Å². The number of aromatic nitrogens is 1. The summed E-state index contributed by atoms with van der Waals surface area (Å²) in [4.78, 5) is 52.1. The molecule has 0 bridgehead atoms. The lowest BCUT2D eigenvalue weighted by Crippen LogP contribution is -2.30. The number of aliphatic carboxylic acids is 1. The van der Waals surface area contributed by atoms with Gasteiger partial charge in [-0.1, -0.05) is 42.5 Å². The van der Waals surface area contributed by atoms with Gasteiger partial charge < -0.3 is 41.1 Å². The molecule has 318 valence electrons. The average molecular weight is 820 g/mol. The molecule has 0 saturated carbocycles. The predicted molar refractivity (Wildman–Crippen MR) is 233 cm³/mol. The van der Waals surface area contributed by atoms with Crippen molar-refractivity contribution in [2.75, 3.05) is 38.6 Å². The van der Waals surface area contributed by atoms with Crippen molar-refractivity contribution in [1.29, 1.82) is 5.41 Å². The maximum atomic E-state index is 12.4. The molecule has 1 aliphatic rings. The first kappa shape index (κ1) is 46.2. The van der Waals surface area contributed by atoms with Crippen molar-refractivity contribution in [2.45, 2.75) is 77.0 Å². The molecule has 2 amide bonds. The fourth-order valence-corrected chi connectivity index (χ4v) is 6.53. The van der Waals surface area contributed by atoms with Crippen LogP contribution in [-0.2, 0) is 28.9 Å². The first-order valence-electron chi connectivity index (χ1n) is 20.5. The zero-order chi connectivity index (χ0) is 43.0. The summed E-state index contributed by atoms with van der Waals surface area (Å²) < 4.78 is 18.2. The van der Waals surface area contributed by atoms with E-state index in [1.54, 1.807) is 18.2 Å². The van der Waals surface area contributed by atoms with Crippen LogP contribution < -0.4 is 30.6 Å². The molecule has 4 aromatic rings. The second kappa shape index (κ2) is 25.8. The van der Waals surface area contributed by atoms with Crippen LogP contribution in [0, 0.1) is 5.41 Å². The fraction of sp³-hybridized carbons (Fsp3) is 0.362. The Labute approximate surface area is 352 Å². The zero-order valence-electron chi connectivity index (χ0n) is 34.2. The molecule has 0 aliphatic heterocycles. The molecule has 0 saturated heterocycles. The van der Waals surface area contributed by atoms with Gasteiger partial charge in [0.05, 0.1) is 25.4 Å². The van der Waals surface area contributed by atoms with E-state index >= 15 is 0 Å². The zero-order valence-corrected chi connectivity index (χ0v) is 34.2. The van der Waals surface area contributed by atoms with Gasteiger partial charge in [-0.25, -0.2) is 4.98 Å². The topological polar surface area (TPSA) is 203 Å². The number of carboxylic acids is 1. The number of ketones is 1. The van der Waals surface area contributed by atoms with Crippen LogP contribution in [0.5, 0.6) is 17.2 Å². The number of nitrogen functional groups attached to an aromatic ring is 1. The third-order valence-corrected chi connectivity index (χ3v) is 9.63. The van der Waals surface area contributed by atoms with Gasteiger partial charge >= 0.3 is 5.97 Å². The van der Waals surface area contributed by atoms with Gasteiger partial charge in [0.25, 0.3) is 5.91 Å². The van der Waals surface area contributed by atoms with E-state index < -0.39 is 5.97 Å². The summed E-state index contributed by atoms with van der Waals surface area (Å²) in [6.07, 6.45) is 11.6. The number of Topliss-reactive ketones (excluding diaryl/α,β-unsaturated/α-hetero) is 1. The number of carboxylic acid groups (broad SMARTS) is 1. The van der Waals surface area contributed by atoms with Gasteiger partial charge in [0.2, 0.25) is 5.91 Å². The number of amides is 2. The van der Waals surface area contributed by atoms with E-state index in [0.717, 1.165) is 60.1 Å². The Balaban J connectivity index is 0.000000886. The van der Waals surface area contributed by atoms with Crippen LogP contribution >= 0.6 is 0 Å². The Morgan fingerprint density at radius 3 is 2.10 bits per heavy atom. The second-order valence-corrected chi connectivity index (χ2v) is 14.2. The average Bonchev–Trinajstić information content (AvgIpc) is 3.25. The molecule has 0 spiro atoms. The fourth-order valence-electron chi connectivity index (χ4n) is 6.53. The van der Waals surface area contributed by atoms with Crippen LogP contribution in [0.4, 0.5) is 5.82 Å². The number of benzene rings is 3. The Hall–Kier alpha value is -6.50. The maximum Gasteiger partial charge on any atom is 0.303 e. The van der Waals surface area contributed by atoms with E-state index in [1.807, 2.05) is 60.7 Å². The number of hydrogen-bond acceptors (Lipinski definition) is 10. The highest BCUT2D eigenvalue weighted by molar-refractivity contribution is 5.99. The molecular formula is C47H57N5O8. The molecule has 0 radical (unpaired) electrons. The van der Waals surface area contributed by atoms with Crippen LogP contribution in [0.25, 0.3) is 0 Å². The summed E-state index contributed by atoms with van der Waals surface area (Å²) >= 11 is 0. The number of rotatable bonds is 24. The van der Waals surface area contributed by atoms with Gasteiger partial charge in [-0.05, 0) is 105 Å². The predicted octanol–water partition coefficient (Wildman–Crippen LogP) is 7.34. The molecule has 13 heteroatoms. The number of unbranched alkanes of at least 4 members (excludes halogenated alkanes) is 2. The quantitative estimate of drug-likeness (QED) is 0.0271. The molecule has 0 unspecified atom stereocenters. The number of hydrogen-bond donors (Lipinski definition) is 5. The summed E-state index contributed by atoms with van der Waals surface area (Å²) in [7, 11) is 0. The number of nitrogens with zero attached hydrogens (tertiary/aromatic N) is 1. The first-order chi connectivity index (χ1) is 29.2. The summed E-state index contributed by atoms with van der Waals surface area (Å²) in [5.41, 5.74) is 10.6. The second-order valence-electron chi connectivity index (χ2n) is 14.2. The number of ether oxygens (including phenoxy) is 3. The SMILES string of the molecule is C=CCc1c(OCCCCCOc2cccc(OCCCC(=O)NCCCNC(=O)c3ccc(N)nc3)c2CCC(=O)O)ccc2c1CCCC2=O.N=Cc1ccccc1. The number of anilines is 1. The third kappa shape index (κ3) is 15.7. The minimum Gasteiger partial charge on any atom is -0.493 e. The Morgan fingerprint density at radius 1 is 0.783 bits per heavy atom. The van der Waals surface area contributed by atoms with E-state index in [0.29, 0.717) is 80.4 Å². The molecule has 5 rings (SSSR count). The number of carbonyl (C=O) groups excluding carboxylic acids is 3. The van der Waals surface area contributed by atoms with E-state index in [1.165, 1.54) is 12.4 Å². The van der Waals surface area contributed by atoms with Gasteiger partial charge in [0.15, 0.2) is 5.78 Å². The lowest BCUT2D eigenvalue weighted by molar-refractivity contribution is -0.137. The van der Waals surface area contributed by atoms with Crippen LogP contribution in [0.2, 0.25) is 0 Å². The number of nitrogens with two attached hydrogens (primary N) is 1. The Bertz CT molecular complexity index is 2020. The number of fused-ring (bicyclic) bond motifs is 1. The maximum absolute atomic E-state index is 12.4. The standard InChI is InChI=1S/C40H50N4O8.C7H7N/c1-2-10-31-29-11-6-12-33(45)30(29)17-19-36(31)51-25-5-3-4-24-50-34-13-7-14-35(32(34)18-21-39(47)48)52-26-8-15-38(46)42-22-9-23-43-40(49)28-16-20-37(41)44-27-28;8-6-7-4-2-1-3-5-7/h2,7,13-14,16-17,19-20,27H,1,3-6,8-12,15,18,21-26H2,(H2,41,44)(H,42,46)(H,43,49)(H,47,48);1-6,8H. The number of nitrogens with one attached hydrogen (secondary N) is 3. The molecular weight excluding hydrogens is 763 g/mol. The molecule has 0 atom stereocenters. The number of pyridine rings is 1. The molecule has 1 aromatic heterocycles. The Kier molecular flexibility index (Phi) is 19.8. The van der Waals surface area contributed by atoms with Crippen molar-refractivity contribution in [3.8, 4) is 17.2 Å². The highest BCUT2D eigenvalue weighted by Gasteiger charge is 2.22. The Morgan fingerprint density at radius 2 is 1.47 bits per heavy atom. The largest absolute Gasteiger partial charge is 0.493 e. The van der Waals surface area contributed by atoms with Crippen molar-refractivity contribution in [1.82, 2.24) is 15.6 Å². The van der Waals surface area contributed by atoms with Crippen molar-refractivity contribution in [2.24, 2.45) is 0 Å². The number of carbonyl (C=O) groups is 4. The minimum atomic E-state index is -0.916. The van der Waals surface area contributed by atoms with Crippen molar-refractivity contribution < 1.29 is 38.5 Å². The monoisotopic (exact) mass is 819 g/mol. The van der Waals surface area contributed by atoms with E-state index in [4.69, 9.17) is 25.4 Å². The molecule has 60 heavy (non-hydrogen) atoms.